The first-order valence-corrected chi connectivity index (χ1v) is 10.2. The van der Waals surface area contributed by atoms with Gasteiger partial charge in [0.15, 0.2) is 11.6 Å². The Balaban J connectivity index is 1.40. The standard InChI is InChI=1S/C23H30FN3O2/c1-18(8-9-19-6-4-3-5-7-19)25-23(28)27-14-12-26(13-15-27)17-20-10-11-22(29-2)21(24)16-20/h3-7,10-11,16,18H,8-9,12-15,17H2,1-2H3,(H,25,28). The van der Waals surface area contributed by atoms with Crippen molar-refractivity contribution in [2.45, 2.75) is 32.4 Å². The van der Waals surface area contributed by atoms with Gasteiger partial charge in [-0.3, -0.25) is 4.90 Å². The summed E-state index contributed by atoms with van der Waals surface area (Å²) in [7, 11) is 1.46. The Kier molecular flexibility index (Phi) is 7.47. The number of amides is 2. The molecular weight excluding hydrogens is 369 g/mol. The van der Waals surface area contributed by atoms with Crippen LogP contribution in [0.5, 0.6) is 5.75 Å². The summed E-state index contributed by atoms with van der Waals surface area (Å²) in [6, 6.07) is 15.5. The first-order valence-electron chi connectivity index (χ1n) is 10.2. The van der Waals surface area contributed by atoms with E-state index in [9.17, 15) is 9.18 Å². The van der Waals surface area contributed by atoms with Gasteiger partial charge in [-0.15, -0.1) is 0 Å². The van der Waals surface area contributed by atoms with Gasteiger partial charge in [-0.25, -0.2) is 9.18 Å². The smallest absolute Gasteiger partial charge is 0.317 e. The zero-order valence-corrected chi connectivity index (χ0v) is 17.2. The second-order valence-electron chi connectivity index (χ2n) is 7.61. The number of piperazine rings is 1. The summed E-state index contributed by atoms with van der Waals surface area (Å²) >= 11 is 0. The molecule has 2 amide bonds. The highest BCUT2D eigenvalue weighted by Crippen LogP contribution is 2.19. The van der Waals surface area contributed by atoms with Crippen LogP contribution in [0, 0.1) is 5.82 Å². The molecule has 1 unspecified atom stereocenters. The Labute approximate surface area is 172 Å². The van der Waals surface area contributed by atoms with Crippen molar-refractivity contribution in [2.24, 2.45) is 0 Å². The number of carbonyl (C=O) groups is 1. The van der Waals surface area contributed by atoms with E-state index in [4.69, 9.17) is 4.74 Å². The molecule has 1 atom stereocenters. The number of ether oxygens (including phenoxy) is 1. The number of carbonyl (C=O) groups excluding carboxylic acids is 1. The Morgan fingerprint density at radius 1 is 1.10 bits per heavy atom. The first-order chi connectivity index (χ1) is 14.0. The maximum Gasteiger partial charge on any atom is 0.317 e. The highest BCUT2D eigenvalue weighted by atomic mass is 19.1. The molecule has 0 radical (unpaired) electrons. The van der Waals surface area contributed by atoms with Gasteiger partial charge in [-0.1, -0.05) is 36.4 Å². The number of nitrogens with one attached hydrogen (secondary N) is 1. The minimum Gasteiger partial charge on any atom is -0.494 e. The molecule has 0 bridgehead atoms. The van der Waals surface area contributed by atoms with Crippen molar-refractivity contribution in [3.05, 3.63) is 65.5 Å². The van der Waals surface area contributed by atoms with Gasteiger partial charge >= 0.3 is 6.03 Å². The summed E-state index contributed by atoms with van der Waals surface area (Å²) in [5.41, 5.74) is 2.20. The Morgan fingerprint density at radius 2 is 1.83 bits per heavy atom. The molecule has 6 heteroatoms. The number of methoxy groups -OCH3 is 1. The summed E-state index contributed by atoms with van der Waals surface area (Å²) in [5.74, 6) is -0.0795. The molecule has 0 aliphatic carbocycles. The summed E-state index contributed by atoms with van der Waals surface area (Å²) in [6.07, 6.45) is 1.87. The lowest BCUT2D eigenvalue weighted by molar-refractivity contribution is 0.133. The highest BCUT2D eigenvalue weighted by Gasteiger charge is 2.22. The third-order valence-corrected chi connectivity index (χ3v) is 5.36. The maximum absolute atomic E-state index is 13.9. The van der Waals surface area contributed by atoms with Crippen molar-refractivity contribution in [2.75, 3.05) is 33.3 Å². The van der Waals surface area contributed by atoms with Crippen molar-refractivity contribution >= 4 is 6.03 Å². The fourth-order valence-corrected chi connectivity index (χ4v) is 3.58. The normalized spacial score (nSPS) is 15.8. The minimum atomic E-state index is -0.340. The van der Waals surface area contributed by atoms with E-state index in [0.29, 0.717) is 19.6 Å². The number of hydrogen-bond acceptors (Lipinski definition) is 3. The van der Waals surface area contributed by atoms with E-state index in [2.05, 4.69) is 29.3 Å². The second kappa shape index (κ2) is 10.3. The molecule has 1 aliphatic heterocycles. The number of benzene rings is 2. The van der Waals surface area contributed by atoms with Crippen molar-refractivity contribution in [3.63, 3.8) is 0 Å². The molecule has 29 heavy (non-hydrogen) atoms. The lowest BCUT2D eigenvalue weighted by Gasteiger charge is -2.35. The van der Waals surface area contributed by atoms with Gasteiger partial charge in [0.1, 0.15) is 0 Å². The van der Waals surface area contributed by atoms with E-state index in [1.807, 2.05) is 29.2 Å². The Hall–Kier alpha value is -2.60. The first kappa shape index (κ1) is 21.1. The molecule has 0 saturated carbocycles. The van der Waals surface area contributed by atoms with E-state index in [1.54, 1.807) is 6.07 Å². The zero-order chi connectivity index (χ0) is 20.6. The SMILES string of the molecule is COc1ccc(CN2CCN(C(=O)NC(C)CCc3ccccc3)CC2)cc1F. The van der Waals surface area contributed by atoms with Gasteiger partial charge < -0.3 is 15.0 Å². The van der Waals surface area contributed by atoms with Crippen LogP contribution in [0.15, 0.2) is 48.5 Å². The number of urea groups is 1. The van der Waals surface area contributed by atoms with Crippen LogP contribution >= 0.6 is 0 Å². The van der Waals surface area contributed by atoms with Crippen LogP contribution in [0.25, 0.3) is 0 Å². The van der Waals surface area contributed by atoms with Crippen LogP contribution in [0.1, 0.15) is 24.5 Å². The second-order valence-corrected chi connectivity index (χ2v) is 7.61. The predicted molar refractivity (Wildman–Crippen MR) is 113 cm³/mol. The van der Waals surface area contributed by atoms with Gasteiger partial charge in [0.25, 0.3) is 0 Å². The molecule has 1 aliphatic rings. The van der Waals surface area contributed by atoms with Crippen molar-refractivity contribution in [1.82, 2.24) is 15.1 Å². The zero-order valence-electron chi connectivity index (χ0n) is 17.2. The number of halogens is 1. The third kappa shape index (κ3) is 6.19. The molecule has 1 fully saturated rings. The highest BCUT2D eigenvalue weighted by molar-refractivity contribution is 5.74. The van der Waals surface area contributed by atoms with Crippen LogP contribution in [-0.2, 0) is 13.0 Å². The van der Waals surface area contributed by atoms with Crippen molar-refractivity contribution in [1.29, 1.82) is 0 Å². The van der Waals surface area contributed by atoms with Gasteiger partial charge in [-0.05, 0) is 43.0 Å². The summed E-state index contributed by atoms with van der Waals surface area (Å²) in [5, 5.41) is 3.11. The summed E-state index contributed by atoms with van der Waals surface area (Å²) in [6.45, 7) is 5.63. The fourth-order valence-electron chi connectivity index (χ4n) is 3.58. The monoisotopic (exact) mass is 399 g/mol. The molecule has 1 N–H and O–H groups in total. The Bertz CT molecular complexity index is 792. The number of hydrogen-bond donors (Lipinski definition) is 1. The summed E-state index contributed by atoms with van der Waals surface area (Å²) < 4.78 is 18.8. The summed E-state index contributed by atoms with van der Waals surface area (Å²) in [4.78, 5) is 16.6. The molecule has 3 rings (SSSR count). The average Bonchev–Trinajstić information content (AvgIpc) is 2.74. The quantitative estimate of drug-likeness (QED) is 0.772. The minimum absolute atomic E-state index is 0.000651. The average molecular weight is 400 g/mol. The number of rotatable bonds is 7. The maximum atomic E-state index is 13.9. The predicted octanol–water partition coefficient (Wildman–Crippen LogP) is 3.68. The largest absolute Gasteiger partial charge is 0.494 e. The van der Waals surface area contributed by atoms with Crippen LogP contribution < -0.4 is 10.1 Å². The number of nitrogens with zero attached hydrogens (tertiary/aromatic N) is 2. The van der Waals surface area contributed by atoms with Crippen LogP contribution in [0.3, 0.4) is 0 Å². The topological polar surface area (TPSA) is 44.8 Å². The molecule has 156 valence electrons. The molecule has 0 aromatic heterocycles. The third-order valence-electron chi connectivity index (χ3n) is 5.36. The van der Waals surface area contributed by atoms with Gasteiger partial charge in [-0.2, -0.15) is 0 Å². The van der Waals surface area contributed by atoms with E-state index < -0.39 is 0 Å². The molecule has 1 saturated heterocycles. The van der Waals surface area contributed by atoms with E-state index >= 15 is 0 Å². The lowest BCUT2D eigenvalue weighted by Crippen LogP contribution is -2.52. The van der Waals surface area contributed by atoms with Crippen LogP contribution in [0.4, 0.5) is 9.18 Å². The van der Waals surface area contributed by atoms with Gasteiger partial charge in [0, 0.05) is 38.8 Å². The molecule has 2 aromatic rings. The molecular formula is C23H30FN3O2. The van der Waals surface area contributed by atoms with E-state index in [-0.39, 0.29) is 23.6 Å². The van der Waals surface area contributed by atoms with Crippen molar-refractivity contribution < 1.29 is 13.9 Å². The molecule has 5 nitrogen and oxygen atoms in total. The van der Waals surface area contributed by atoms with Crippen LogP contribution in [-0.4, -0.2) is 55.2 Å². The van der Waals surface area contributed by atoms with E-state index in [1.165, 1.54) is 18.7 Å². The van der Waals surface area contributed by atoms with Gasteiger partial charge in [0.05, 0.1) is 7.11 Å². The Morgan fingerprint density at radius 3 is 2.48 bits per heavy atom. The van der Waals surface area contributed by atoms with Crippen LogP contribution in [0.2, 0.25) is 0 Å². The fraction of sp³-hybridized carbons (Fsp3) is 0.435. The van der Waals surface area contributed by atoms with Crippen molar-refractivity contribution in [3.8, 4) is 5.75 Å². The lowest BCUT2D eigenvalue weighted by atomic mass is 10.1. The van der Waals surface area contributed by atoms with Gasteiger partial charge in [0.2, 0.25) is 0 Å². The molecule has 2 aromatic carbocycles. The molecule has 1 heterocycles. The number of aryl methyl sites for hydroxylation is 1. The molecule has 0 spiro atoms. The van der Waals surface area contributed by atoms with E-state index in [0.717, 1.165) is 31.5 Å².